The van der Waals surface area contributed by atoms with Crippen molar-refractivity contribution in [2.45, 2.75) is 36.5 Å². The molecule has 1 heterocycles. The first-order chi connectivity index (χ1) is 9.72. The fourth-order valence-electron chi connectivity index (χ4n) is 2.59. The van der Waals surface area contributed by atoms with Crippen LogP contribution in [0.15, 0.2) is 44.6 Å². The van der Waals surface area contributed by atoms with Crippen molar-refractivity contribution in [1.29, 1.82) is 0 Å². The van der Waals surface area contributed by atoms with Crippen LogP contribution < -0.4 is 5.56 Å². The molecule has 0 saturated carbocycles. The molecule has 2 aromatic rings. The minimum absolute atomic E-state index is 0.0314. The molecule has 0 fully saturated rings. The lowest BCUT2D eigenvalue weighted by Gasteiger charge is -2.18. The summed E-state index contributed by atoms with van der Waals surface area (Å²) in [7, 11) is 0. The molecule has 0 bridgehead atoms. The van der Waals surface area contributed by atoms with Crippen LogP contribution in [0.1, 0.15) is 29.5 Å². The average Bonchev–Trinajstić information content (AvgIpc) is 2.46. The Morgan fingerprint density at radius 2 is 1.90 bits per heavy atom. The van der Waals surface area contributed by atoms with Gasteiger partial charge in [0.05, 0.1) is 5.03 Å². The minimum Gasteiger partial charge on any atom is -0.317 e. The van der Waals surface area contributed by atoms with Gasteiger partial charge in [-0.3, -0.25) is 4.79 Å². The normalized spacial score (nSPS) is 14.1. The van der Waals surface area contributed by atoms with Crippen LogP contribution in [0.4, 0.5) is 0 Å². The van der Waals surface area contributed by atoms with Crippen LogP contribution in [0.2, 0.25) is 0 Å². The molecule has 0 unspecified atom stereocenters. The molecular weight excluding hydrogens is 334 g/mol. The molecule has 1 aliphatic rings. The fraction of sp³-hybridized carbons (Fsp3) is 0.312. The Morgan fingerprint density at radius 1 is 1.15 bits per heavy atom. The zero-order valence-corrected chi connectivity index (χ0v) is 13.5. The average molecular weight is 350 g/mol. The summed E-state index contributed by atoms with van der Waals surface area (Å²) in [5.41, 5.74) is 3.91. The third-order valence-electron chi connectivity index (χ3n) is 3.62. The number of halogens is 1. The first-order valence-corrected chi connectivity index (χ1v) is 8.62. The Labute approximate surface area is 131 Å². The van der Waals surface area contributed by atoms with E-state index < -0.39 is 0 Å². The first-order valence-electron chi connectivity index (χ1n) is 6.85. The summed E-state index contributed by atoms with van der Waals surface area (Å²) >= 11 is 5.18. The van der Waals surface area contributed by atoms with Crippen molar-refractivity contribution in [3.8, 4) is 0 Å². The molecule has 1 N–H and O–H groups in total. The molecule has 20 heavy (non-hydrogen) atoms. The standard InChI is InChI=1S/C16H16BrNOS/c17-13-7-5-11(6-8-13)10-20-16-14-4-2-1-3-12(14)9-15(19)18-16/h5-9H,1-4,10H2,(H,18,19). The summed E-state index contributed by atoms with van der Waals surface area (Å²) in [6.45, 7) is 0. The number of hydrogen-bond donors (Lipinski definition) is 1. The van der Waals surface area contributed by atoms with Crippen LogP contribution in [0.5, 0.6) is 0 Å². The van der Waals surface area contributed by atoms with Gasteiger partial charge in [0.25, 0.3) is 0 Å². The molecule has 0 aliphatic heterocycles. The van der Waals surface area contributed by atoms with Crippen molar-refractivity contribution in [3.05, 3.63) is 61.8 Å². The number of aromatic amines is 1. The molecule has 3 rings (SSSR count). The van der Waals surface area contributed by atoms with E-state index in [2.05, 4.69) is 45.2 Å². The smallest absolute Gasteiger partial charge is 0.249 e. The van der Waals surface area contributed by atoms with Gasteiger partial charge in [-0.15, -0.1) is 11.8 Å². The molecule has 0 saturated heterocycles. The lowest BCUT2D eigenvalue weighted by atomic mass is 9.93. The number of fused-ring (bicyclic) bond motifs is 1. The second-order valence-corrected chi connectivity index (χ2v) is 6.99. The molecule has 4 heteroatoms. The summed E-state index contributed by atoms with van der Waals surface area (Å²) in [5, 5.41) is 1.06. The highest BCUT2D eigenvalue weighted by atomic mass is 79.9. The van der Waals surface area contributed by atoms with Crippen molar-refractivity contribution >= 4 is 27.7 Å². The van der Waals surface area contributed by atoms with Crippen LogP contribution in [0, 0.1) is 0 Å². The summed E-state index contributed by atoms with van der Waals surface area (Å²) in [6, 6.07) is 10.1. The predicted molar refractivity (Wildman–Crippen MR) is 87.4 cm³/mol. The molecule has 0 amide bonds. The van der Waals surface area contributed by atoms with Gasteiger partial charge in [0.2, 0.25) is 5.56 Å². The highest BCUT2D eigenvalue weighted by molar-refractivity contribution is 9.10. The van der Waals surface area contributed by atoms with Crippen LogP contribution in [0.3, 0.4) is 0 Å². The van der Waals surface area contributed by atoms with Crippen molar-refractivity contribution < 1.29 is 0 Å². The van der Waals surface area contributed by atoms with E-state index in [0.29, 0.717) is 0 Å². The van der Waals surface area contributed by atoms with Gasteiger partial charge in [-0.2, -0.15) is 0 Å². The van der Waals surface area contributed by atoms with E-state index in [1.165, 1.54) is 29.5 Å². The summed E-state index contributed by atoms with van der Waals surface area (Å²) in [4.78, 5) is 14.8. The van der Waals surface area contributed by atoms with Crippen LogP contribution >= 0.6 is 27.7 Å². The number of nitrogens with one attached hydrogen (secondary N) is 1. The van der Waals surface area contributed by atoms with Gasteiger partial charge < -0.3 is 4.98 Å². The second kappa shape index (κ2) is 6.19. The molecule has 1 aromatic carbocycles. The lowest BCUT2D eigenvalue weighted by molar-refractivity contribution is 0.665. The van der Waals surface area contributed by atoms with Gasteiger partial charge in [-0.05, 0) is 54.5 Å². The van der Waals surface area contributed by atoms with Gasteiger partial charge in [0.15, 0.2) is 0 Å². The first kappa shape index (κ1) is 14.0. The van der Waals surface area contributed by atoms with E-state index in [0.717, 1.165) is 28.1 Å². The van der Waals surface area contributed by atoms with E-state index >= 15 is 0 Å². The maximum absolute atomic E-state index is 11.7. The molecule has 0 radical (unpaired) electrons. The SMILES string of the molecule is O=c1cc2c(c(SCc3ccc(Br)cc3)[nH]1)CCCC2. The van der Waals surface area contributed by atoms with E-state index in [1.807, 2.05) is 0 Å². The van der Waals surface area contributed by atoms with Gasteiger partial charge in [0.1, 0.15) is 0 Å². The van der Waals surface area contributed by atoms with E-state index in [4.69, 9.17) is 0 Å². The van der Waals surface area contributed by atoms with E-state index in [9.17, 15) is 4.79 Å². The quantitative estimate of drug-likeness (QED) is 0.837. The summed E-state index contributed by atoms with van der Waals surface area (Å²) in [6.07, 6.45) is 4.57. The Kier molecular flexibility index (Phi) is 4.32. The Hall–Kier alpha value is -1.00. The molecular formula is C16H16BrNOS. The van der Waals surface area contributed by atoms with Gasteiger partial charge in [-0.25, -0.2) is 0 Å². The third-order valence-corrected chi connectivity index (χ3v) is 5.27. The maximum atomic E-state index is 11.7. The number of aryl methyl sites for hydroxylation is 1. The number of thioether (sulfide) groups is 1. The van der Waals surface area contributed by atoms with Crippen molar-refractivity contribution in [3.63, 3.8) is 0 Å². The highest BCUT2D eigenvalue weighted by Crippen LogP contribution is 2.30. The fourth-order valence-corrected chi connectivity index (χ4v) is 3.94. The monoisotopic (exact) mass is 349 g/mol. The van der Waals surface area contributed by atoms with Gasteiger partial charge >= 0.3 is 0 Å². The number of aromatic nitrogens is 1. The van der Waals surface area contributed by atoms with Crippen molar-refractivity contribution in [1.82, 2.24) is 4.98 Å². The van der Waals surface area contributed by atoms with Crippen molar-refractivity contribution in [2.24, 2.45) is 0 Å². The third kappa shape index (κ3) is 3.18. The number of hydrogen-bond acceptors (Lipinski definition) is 2. The maximum Gasteiger partial charge on any atom is 0.249 e. The Morgan fingerprint density at radius 3 is 2.70 bits per heavy atom. The molecule has 0 atom stereocenters. The lowest BCUT2D eigenvalue weighted by Crippen LogP contribution is -2.14. The largest absolute Gasteiger partial charge is 0.317 e. The predicted octanol–water partition coefficient (Wildman–Crippen LogP) is 4.31. The van der Waals surface area contributed by atoms with E-state index in [1.54, 1.807) is 17.8 Å². The summed E-state index contributed by atoms with van der Waals surface area (Å²) < 4.78 is 1.09. The molecule has 0 spiro atoms. The van der Waals surface area contributed by atoms with Crippen LogP contribution in [-0.4, -0.2) is 4.98 Å². The van der Waals surface area contributed by atoms with Crippen LogP contribution in [-0.2, 0) is 18.6 Å². The zero-order chi connectivity index (χ0) is 13.9. The number of rotatable bonds is 3. The van der Waals surface area contributed by atoms with Crippen molar-refractivity contribution in [2.75, 3.05) is 0 Å². The van der Waals surface area contributed by atoms with Gasteiger partial charge in [-0.1, -0.05) is 28.1 Å². The zero-order valence-electron chi connectivity index (χ0n) is 11.1. The Bertz CT molecular complexity index is 663. The van der Waals surface area contributed by atoms with E-state index in [-0.39, 0.29) is 5.56 Å². The number of pyridine rings is 1. The Balaban J connectivity index is 1.82. The minimum atomic E-state index is 0.0314. The van der Waals surface area contributed by atoms with Gasteiger partial charge in [0, 0.05) is 16.3 Å². The number of benzene rings is 1. The number of H-pyrrole nitrogens is 1. The molecule has 2 nitrogen and oxygen atoms in total. The van der Waals surface area contributed by atoms with Crippen LogP contribution in [0.25, 0.3) is 0 Å². The second-order valence-electron chi connectivity index (χ2n) is 5.09. The topological polar surface area (TPSA) is 32.9 Å². The molecule has 104 valence electrons. The molecule has 1 aromatic heterocycles. The summed E-state index contributed by atoms with van der Waals surface area (Å²) in [5.74, 6) is 0.889. The molecule has 1 aliphatic carbocycles. The highest BCUT2D eigenvalue weighted by Gasteiger charge is 2.15.